The van der Waals surface area contributed by atoms with E-state index in [1.807, 2.05) is 24.3 Å². The van der Waals surface area contributed by atoms with Crippen molar-refractivity contribution in [2.45, 2.75) is 32.2 Å². The maximum atomic E-state index is 11.4. The van der Waals surface area contributed by atoms with E-state index in [9.17, 15) is 9.90 Å². The SMILES string of the molecule is COc1ccc(-c2nc3ccc(C(=O)O)cc3nc2N2CCCC[C@@H]2C)cc1. The highest BCUT2D eigenvalue weighted by atomic mass is 16.5. The maximum absolute atomic E-state index is 11.4. The fourth-order valence-corrected chi connectivity index (χ4v) is 3.73. The van der Waals surface area contributed by atoms with Gasteiger partial charge in [-0.25, -0.2) is 14.8 Å². The standard InChI is InChI=1S/C22H23N3O3/c1-14-5-3-4-12-25(14)21-20(15-6-9-17(28-2)10-7-15)23-18-11-8-16(22(26)27)13-19(18)24-21/h6-11,13-14H,3-5,12H2,1-2H3,(H,26,27)/t14-/m0/s1. The lowest BCUT2D eigenvalue weighted by molar-refractivity contribution is 0.0697. The third-order valence-electron chi connectivity index (χ3n) is 5.33. The van der Waals surface area contributed by atoms with Crippen LogP contribution in [0, 0.1) is 0 Å². The molecule has 1 aliphatic rings. The second-order valence-electron chi connectivity index (χ2n) is 7.17. The van der Waals surface area contributed by atoms with Crippen LogP contribution in [0.3, 0.4) is 0 Å². The second-order valence-corrected chi connectivity index (χ2v) is 7.17. The Hall–Kier alpha value is -3.15. The Labute approximate surface area is 163 Å². The first kappa shape index (κ1) is 18.2. The number of benzene rings is 2. The molecule has 1 fully saturated rings. The molecule has 0 aliphatic carbocycles. The first-order chi connectivity index (χ1) is 13.6. The average Bonchev–Trinajstić information content (AvgIpc) is 2.73. The molecule has 28 heavy (non-hydrogen) atoms. The van der Waals surface area contributed by atoms with Crippen molar-refractivity contribution in [3.63, 3.8) is 0 Å². The van der Waals surface area contributed by atoms with E-state index >= 15 is 0 Å². The molecule has 1 saturated heterocycles. The molecule has 2 aromatic carbocycles. The first-order valence-electron chi connectivity index (χ1n) is 9.53. The van der Waals surface area contributed by atoms with Gasteiger partial charge in [0.2, 0.25) is 0 Å². The Morgan fingerprint density at radius 3 is 2.57 bits per heavy atom. The molecule has 0 radical (unpaired) electrons. The van der Waals surface area contributed by atoms with E-state index in [2.05, 4.69) is 11.8 Å². The van der Waals surface area contributed by atoms with E-state index in [4.69, 9.17) is 14.7 Å². The highest BCUT2D eigenvalue weighted by Gasteiger charge is 2.24. The third kappa shape index (κ3) is 3.38. The van der Waals surface area contributed by atoms with Crippen LogP contribution in [0.4, 0.5) is 5.82 Å². The minimum absolute atomic E-state index is 0.219. The zero-order valence-electron chi connectivity index (χ0n) is 16.1. The largest absolute Gasteiger partial charge is 0.497 e. The normalized spacial score (nSPS) is 16.9. The Bertz CT molecular complexity index is 1020. The van der Waals surface area contributed by atoms with Gasteiger partial charge in [-0.05, 0) is 68.7 Å². The van der Waals surface area contributed by atoms with Gasteiger partial charge in [0.05, 0.1) is 23.7 Å². The summed E-state index contributed by atoms with van der Waals surface area (Å²) in [4.78, 5) is 23.4. The quantitative estimate of drug-likeness (QED) is 0.727. The minimum atomic E-state index is -0.962. The highest BCUT2D eigenvalue weighted by Crippen LogP contribution is 2.34. The highest BCUT2D eigenvalue weighted by molar-refractivity contribution is 5.93. The van der Waals surface area contributed by atoms with Crippen molar-refractivity contribution in [2.24, 2.45) is 0 Å². The molecule has 3 aromatic rings. The van der Waals surface area contributed by atoms with Gasteiger partial charge in [-0.3, -0.25) is 0 Å². The van der Waals surface area contributed by atoms with E-state index in [0.29, 0.717) is 17.1 Å². The zero-order valence-corrected chi connectivity index (χ0v) is 16.1. The number of piperidine rings is 1. The summed E-state index contributed by atoms with van der Waals surface area (Å²) in [6, 6.07) is 13.1. The Balaban J connectivity index is 1.90. The van der Waals surface area contributed by atoms with Crippen LogP contribution < -0.4 is 9.64 Å². The molecule has 1 aromatic heterocycles. The van der Waals surface area contributed by atoms with Crippen molar-refractivity contribution in [1.29, 1.82) is 0 Å². The molecule has 0 unspecified atom stereocenters. The Morgan fingerprint density at radius 2 is 1.89 bits per heavy atom. The molecule has 144 valence electrons. The van der Waals surface area contributed by atoms with E-state index in [1.54, 1.807) is 25.3 Å². The summed E-state index contributed by atoms with van der Waals surface area (Å²) in [7, 11) is 1.64. The first-order valence-corrected chi connectivity index (χ1v) is 9.53. The number of aromatic carboxylic acids is 1. The molecule has 6 nitrogen and oxygen atoms in total. The Morgan fingerprint density at radius 1 is 1.11 bits per heavy atom. The van der Waals surface area contributed by atoms with Crippen LogP contribution in [0.15, 0.2) is 42.5 Å². The van der Waals surface area contributed by atoms with Crippen LogP contribution in [0.2, 0.25) is 0 Å². The van der Waals surface area contributed by atoms with Gasteiger partial charge in [0.25, 0.3) is 0 Å². The molecule has 1 atom stereocenters. The van der Waals surface area contributed by atoms with Crippen LogP contribution in [-0.2, 0) is 0 Å². The predicted molar refractivity (Wildman–Crippen MR) is 109 cm³/mol. The number of hydrogen-bond donors (Lipinski definition) is 1. The molecule has 4 rings (SSSR count). The van der Waals surface area contributed by atoms with E-state index < -0.39 is 5.97 Å². The molecule has 0 saturated carbocycles. The van der Waals surface area contributed by atoms with Gasteiger partial charge < -0.3 is 14.7 Å². The lowest BCUT2D eigenvalue weighted by atomic mass is 10.0. The average molecular weight is 377 g/mol. The summed E-state index contributed by atoms with van der Waals surface area (Å²) in [6.07, 6.45) is 3.43. The van der Waals surface area contributed by atoms with E-state index in [-0.39, 0.29) is 5.56 Å². The summed E-state index contributed by atoms with van der Waals surface area (Å²) in [5.41, 5.74) is 3.28. The summed E-state index contributed by atoms with van der Waals surface area (Å²) >= 11 is 0. The second kappa shape index (κ2) is 7.46. The third-order valence-corrected chi connectivity index (χ3v) is 5.33. The smallest absolute Gasteiger partial charge is 0.335 e. The molecule has 0 spiro atoms. The van der Waals surface area contributed by atoms with Crippen molar-refractivity contribution in [2.75, 3.05) is 18.6 Å². The fourth-order valence-electron chi connectivity index (χ4n) is 3.73. The maximum Gasteiger partial charge on any atom is 0.335 e. The van der Waals surface area contributed by atoms with Crippen molar-refractivity contribution >= 4 is 22.8 Å². The van der Waals surface area contributed by atoms with Gasteiger partial charge >= 0.3 is 5.97 Å². The number of carboxylic acid groups (broad SMARTS) is 1. The number of hydrogen-bond acceptors (Lipinski definition) is 5. The number of fused-ring (bicyclic) bond motifs is 1. The number of ether oxygens (including phenoxy) is 1. The van der Waals surface area contributed by atoms with Crippen molar-refractivity contribution in [3.8, 4) is 17.0 Å². The lowest BCUT2D eigenvalue weighted by Crippen LogP contribution is -2.38. The fraction of sp³-hybridized carbons (Fsp3) is 0.318. The van der Waals surface area contributed by atoms with Gasteiger partial charge in [-0.15, -0.1) is 0 Å². The van der Waals surface area contributed by atoms with Crippen molar-refractivity contribution in [1.82, 2.24) is 9.97 Å². The summed E-state index contributed by atoms with van der Waals surface area (Å²) in [6.45, 7) is 3.12. The van der Waals surface area contributed by atoms with Gasteiger partial charge in [0.15, 0.2) is 5.82 Å². The van der Waals surface area contributed by atoms with Crippen molar-refractivity contribution < 1.29 is 14.6 Å². The van der Waals surface area contributed by atoms with Gasteiger partial charge in [-0.1, -0.05) is 0 Å². The molecule has 6 heteroatoms. The van der Waals surface area contributed by atoms with Gasteiger partial charge in [-0.2, -0.15) is 0 Å². The van der Waals surface area contributed by atoms with Gasteiger partial charge in [0, 0.05) is 18.2 Å². The summed E-state index contributed by atoms with van der Waals surface area (Å²) in [5, 5.41) is 9.32. The number of methoxy groups -OCH3 is 1. The summed E-state index contributed by atoms with van der Waals surface area (Å²) < 4.78 is 5.27. The van der Waals surface area contributed by atoms with Crippen LogP contribution in [-0.4, -0.2) is 40.7 Å². The number of carbonyl (C=O) groups is 1. The molecule has 1 aliphatic heterocycles. The molecule has 0 bridgehead atoms. The number of aromatic nitrogens is 2. The molecular weight excluding hydrogens is 354 g/mol. The van der Waals surface area contributed by atoms with Gasteiger partial charge in [0.1, 0.15) is 11.4 Å². The lowest BCUT2D eigenvalue weighted by Gasteiger charge is -2.35. The van der Waals surface area contributed by atoms with Crippen LogP contribution >= 0.6 is 0 Å². The molecular formula is C22H23N3O3. The van der Waals surface area contributed by atoms with Crippen LogP contribution in [0.1, 0.15) is 36.5 Å². The van der Waals surface area contributed by atoms with Crippen LogP contribution in [0.25, 0.3) is 22.3 Å². The number of rotatable bonds is 4. The predicted octanol–water partition coefficient (Wildman–Crippen LogP) is 4.38. The molecule has 1 N–H and O–H groups in total. The van der Waals surface area contributed by atoms with Crippen LogP contribution in [0.5, 0.6) is 5.75 Å². The number of carboxylic acids is 1. The molecule has 2 heterocycles. The topological polar surface area (TPSA) is 75.5 Å². The number of anilines is 1. The Kier molecular flexibility index (Phi) is 4.86. The van der Waals surface area contributed by atoms with E-state index in [0.717, 1.165) is 42.2 Å². The monoisotopic (exact) mass is 377 g/mol. The van der Waals surface area contributed by atoms with Crippen molar-refractivity contribution in [3.05, 3.63) is 48.0 Å². The molecule has 0 amide bonds. The summed E-state index contributed by atoms with van der Waals surface area (Å²) in [5.74, 6) is 0.639. The number of nitrogens with zero attached hydrogens (tertiary/aromatic N) is 3. The zero-order chi connectivity index (χ0) is 19.7. The van der Waals surface area contributed by atoms with E-state index in [1.165, 1.54) is 6.42 Å². The minimum Gasteiger partial charge on any atom is -0.497 e.